The van der Waals surface area contributed by atoms with Gasteiger partial charge in [-0.05, 0) is 37.3 Å². The molecule has 0 aliphatic carbocycles. The number of methoxy groups -OCH3 is 1. The lowest BCUT2D eigenvalue weighted by molar-refractivity contribution is -0.220. The minimum atomic E-state index is -4.81. The number of hydrogen-bond donors (Lipinski definition) is 6. The van der Waals surface area contributed by atoms with Gasteiger partial charge in [0.2, 0.25) is 5.91 Å². The molecular weight excluding hydrogens is 505 g/mol. The topological polar surface area (TPSA) is 136 Å². The molecule has 0 radical (unpaired) electrons. The van der Waals surface area contributed by atoms with E-state index in [4.69, 9.17) is 5.41 Å². The molecule has 0 heterocycles. The number of rotatable bonds is 14. The predicted molar refractivity (Wildman–Crippen MR) is 126 cm³/mol. The molecule has 6 N–H and O–H groups in total. The second-order valence-corrected chi connectivity index (χ2v) is 8.56. The molecule has 14 heteroatoms. The van der Waals surface area contributed by atoms with Crippen molar-refractivity contribution in [1.29, 1.82) is 5.41 Å². The lowest BCUT2D eigenvalue weighted by atomic mass is 9.83. The zero-order chi connectivity index (χ0) is 28.2. The van der Waals surface area contributed by atoms with Crippen molar-refractivity contribution in [3.8, 4) is 0 Å². The summed E-state index contributed by atoms with van der Waals surface area (Å²) in [4.78, 5) is 23.9. The normalized spacial score (nSPS) is 13.8. The summed E-state index contributed by atoms with van der Waals surface area (Å²) in [5.74, 6) is -1.14. The number of amides is 2. The quantitative estimate of drug-likeness (QED) is 0.159. The van der Waals surface area contributed by atoms with E-state index in [1.807, 2.05) is 5.32 Å². The molecule has 1 rings (SSSR count). The van der Waals surface area contributed by atoms with Crippen LogP contribution in [0.15, 0.2) is 36.5 Å². The number of ether oxygens (including phenoxy) is 1. The van der Waals surface area contributed by atoms with Gasteiger partial charge in [0, 0.05) is 19.6 Å². The van der Waals surface area contributed by atoms with Crippen molar-refractivity contribution in [3.63, 3.8) is 0 Å². The summed E-state index contributed by atoms with van der Waals surface area (Å²) in [5, 5.41) is 27.4. The molecule has 0 aromatic heterocycles. The Bertz CT molecular complexity index is 923. The van der Waals surface area contributed by atoms with Gasteiger partial charge in [-0.2, -0.15) is 13.2 Å². The number of aliphatic hydroxyl groups is 1. The maximum absolute atomic E-state index is 13.4. The van der Waals surface area contributed by atoms with E-state index in [1.165, 1.54) is 12.3 Å². The van der Waals surface area contributed by atoms with E-state index in [1.54, 1.807) is 24.3 Å². The van der Waals surface area contributed by atoms with E-state index in [9.17, 15) is 36.6 Å². The summed E-state index contributed by atoms with van der Waals surface area (Å²) in [5.41, 5.74) is -1.16. The van der Waals surface area contributed by atoms with E-state index in [-0.39, 0.29) is 18.8 Å². The Morgan fingerprint density at radius 2 is 1.73 bits per heavy atom. The number of aliphatic hydroxyl groups excluding tert-OH is 1. The molecule has 0 aliphatic rings. The number of alkyl carbamates (subject to hydrolysis) is 1. The van der Waals surface area contributed by atoms with Crippen molar-refractivity contribution in [2.24, 2.45) is 5.41 Å². The van der Waals surface area contributed by atoms with E-state index >= 15 is 0 Å². The molecule has 1 aromatic carbocycles. The monoisotopic (exact) mass is 537 g/mol. The van der Waals surface area contributed by atoms with E-state index in [0.29, 0.717) is 12.1 Å². The fraction of sp³-hybridized carbons (Fsp3) is 0.522. The Morgan fingerprint density at radius 3 is 2.27 bits per heavy atom. The molecule has 0 saturated carbocycles. The first-order valence-corrected chi connectivity index (χ1v) is 11.1. The summed E-state index contributed by atoms with van der Waals surface area (Å²) in [6.45, 7) is 0.935. The predicted octanol–water partition coefficient (Wildman–Crippen LogP) is 2.30. The Hall–Kier alpha value is -3.26. The fourth-order valence-electron chi connectivity index (χ4n) is 2.89. The van der Waals surface area contributed by atoms with Gasteiger partial charge in [0.15, 0.2) is 0 Å². The minimum Gasteiger partial charge on any atom is -0.453 e. The van der Waals surface area contributed by atoms with E-state index < -0.39 is 48.7 Å². The van der Waals surface area contributed by atoms with Crippen LogP contribution in [0, 0.1) is 10.8 Å². The van der Waals surface area contributed by atoms with Crippen molar-refractivity contribution < 1.29 is 41.4 Å². The first-order chi connectivity index (χ1) is 17.2. The average molecular weight is 538 g/mol. The smallest absolute Gasteiger partial charge is 0.407 e. The second-order valence-electron chi connectivity index (χ2n) is 8.56. The van der Waals surface area contributed by atoms with Gasteiger partial charge in [0.05, 0.1) is 30.9 Å². The van der Waals surface area contributed by atoms with Crippen molar-refractivity contribution in [2.75, 3.05) is 26.7 Å². The SMILES string of the molecule is COC(=O)NC(C(=O)NC[C@@H](O)CNCc1ccc(C(=N)/C=C\NCC(F)F)cc1)C(C)(C)C(F)(F)F. The summed E-state index contributed by atoms with van der Waals surface area (Å²) < 4.78 is 68.7. The highest BCUT2D eigenvalue weighted by atomic mass is 19.4. The van der Waals surface area contributed by atoms with Gasteiger partial charge in [-0.3, -0.25) is 4.79 Å². The second kappa shape index (κ2) is 14.5. The summed E-state index contributed by atoms with van der Waals surface area (Å²) >= 11 is 0. The lowest BCUT2D eigenvalue weighted by Crippen LogP contribution is -2.60. The number of carbonyl (C=O) groups is 2. The van der Waals surface area contributed by atoms with E-state index in [2.05, 4.69) is 20.7 Å². The van der Waals surface area contributed by atoms with Gasteiger partial charge < -0.3 is 36.5 Å². The van der Waals surface area contributed by atoms with Crippen LogP contribution in [0.1, 0.15) is 25.0 Å². The van der Waals surface area contributed by atoms with Crippen molar-refractivity contribution in [3.05, 3.63) is 47.7 Å². The number of allylic oxidation sites excluding steroid dienone is 1. The average Bonchev–Trinajstić information content (AvgIpc) is 2.82. The van der Waals surface area contributed by atoms with Gasteiger partial charge in [0.1, 0.15) is 6.04 Å². The number of alkyl halides is 5. The molecule has 2 amide bonds. The van der Waals surface area contributed by atoms with Crippen LogP contribution in [0.2, 0.25) is 0 Å². The first-order valence-electron chi connectivity index (χ1n) is 11.1. The summed E-state index contributed by atoms with van der Waals surface area (Å²) in [7, 11) is 0.951. The van der Waals surface area contributed by atoms with E-state index in [0.717, 1.165) is 26.5 Å². The highest BCUT2D eigenvalue weighted by Gasteiger charge is 2.55. The Kier molecular flexibility index (Phi) is 12.4. The molecule has 37 heavy (non-hydrogen) atoms. The zero-order valence-corrected chi connectivity index (χ0v) is 20.6. The third kappa shape index (κ3) is 10.7. The van der Waals surface area contributed by atoms with Crippen LogP contribution >= 0.6 is 0 Å². The standard InChI is InChI=1S/C23H32F5N5O4/c1-22(2,23(26,27)28)19(33-21(36)37-3)20(35)32-12-16(34)11-31-10-14-4-6-15(7-5-14)17(29)8-9-30-13-18(24)25/h4-9,16,18-19,29-31,34H,10-13H2,1-3H3,(H,32,35)(H,33,36)/b9-8-,29-17?/t16-,19?/m0/s1. The van der Waals surface area contributed by atoms with Crippen LogP contribution in [0.25, 0.3) is 0 Å². The molecule has 1 aromatic rings. The van der Waals surface area contributed by atoms with Crippen LogP contribution in [-0.4, -0.2) is 74.3 Å². The first kappa shape index (κ1) is 31.8. The third-order valence-corrected chi connectivity index (χ3v) is 5.29. The van der Waals surface area contributed by atoms with Gasteiger partial charge in [0.25, 0.3) is 6.43 Å². The van der Waals surface area contributed by atoms with Gasteiger partial charge in [-0.15, -0.1) is 0 Å². The van der Waals surface area contributed by atoms with Crippen LogP contribution < -0.4 is 21.3 Å². The number of nitrogens with one attached hydrogen (secondary N) is 5. The van der Waals surface area contributed by atoms with Crippen LogP contribution in [-0.2, 0) is 16.1 Å². The summed E-state index contributed by atoms with van der Waals surface area (Å²) in [6, 6.07) is 4.75. The summed E-state index contributed by atoms with van der Waals surface area (Å²) in [6.07, 6.45) is -7.05. The number of benzene rings is 1. The third-order valence-electron chi connectivity index (χ3n) is 5.29. The highest BCUT2D eigenvalue weighted by Crippen LogP contribution is 2.40. The largest absolute Gasteiger partial charge is 0.453 e. The van der Waals surface area contributed by atoms with Crippen LogP contribution in [0.4, 0.5) is 26.7 Å². The number of carbonyl (C=O) groups excluding carboxylic acids is 2. The fourth-order valence-corrected chi connectivity index (χ4v) is 2.89. The Labute approximate surface area is 211 Å². The van der Waals surface area contributed by atoms with Gasteiger partial charge in [-0.1, -0.05) is 24.3 Å². The molecule has 0 spiro atoms. The van der Waals surface area contributed by atoms with Gasteiger partial charge in [-0.25, -0.2) is 13.6 Å². The van der Waals surface area contributed by atoms with Crippen molar-refractivity contribution >= 4 is 17.7 Å². The lowest BCUT2D eigenvalue weighted by Gasteiger charge is -2.35. The molecule has 0 fully saturated rings. The van der Waals surface area contributed by atoms with Crippen molar-refractivity contribution in [2.45, 2.75) is 45.1 Å². The molecule has 1 unspecified atom stereocenters. The number of hydrogen-bond acceptors (Lipinski definition) is 7. The maximum Gasteiger partial charge on any atom is 0.407 e. The molecule has 0 aliphatic heterocycles. The van der Waals surface area contributed by atoms with Crippen molar-refractivity contribution in [1.82, 2.24) is 21.3 Å². The molecular formula is C23H32F5N5O4. The number of halogens is 5. The molecule has 9 nitrogen and oxygen atoms in total. The minimum absolute atomic E-state index is 0.00580. The molecule has 208 valence electrons. The van der Waals surface area contributed by atoms with Crippen LogP contribution in [0.5, 0.6) is 0 Å². The van der Waals surface area contributed by atoms with Crippen LogP contribution in [0.3, 0.4) is 0 Å². The Balaban J connectivity index is 2.55. The molecule has 0 saturated heterocycles. The Morgan fingerprint density at radius 1 is 1.11 bits per heavy atom. The van der Waals surface area contributed by atoms with Gasteiger partial charge >= 0.3 is 12.3 Å². The molecule has 0 bridgehead atoms. The zero-order valence-electron chi connectivity index (χ0n) is 20.6. The molecule has 2 atom stereocenters. The highest BCUT2D eigenvalue weighted by molar-refractivity contribution is 6.06. The maximum atomic E-state index is 13.4.